The molecule has 5 aromatic rings. The van der Waals surface area contributed by atoms with Crippen LogP contribution < -0.4 is 14.2 Å². The number of hydrogen-bond acceptors (Lipinski definition) is 6. The van der Waals surface area contributed by atoms with E-state index in [1.807, 2.05) is 121 Å². The molecule has 0 aliphatic carbocycles. The fourth-order valence-electron chi connectivity index (χ4n) is 5.75. The van der Waals surface area contributed by atoms with E-state index in [0.717, 1.165) is 33.6 Å². The maximum absolute atomic E-state index is 13.2. The van der Waals surface area contributed by atoms with Crippen LogP contribution in [0.1, 0.15) is 46.8 Å². The summed E-state index contributed by atoms with van der Waals surface area (Å²) in [5.74, 6) is 2.18. The minimum absolute atomic E-state index is 0.146. The van der Waals surface area contributed by atoms with Gasteiger partial charge in [-0.25, -0.2) is 0 Å². The quantitative estimate of drug-likeness (QED) is 0.123. The Kier molecular flexibility index (Phi) is 11.0. The number of rotatable bonds is 14. The SMILES string of the molecule is COc1cc([C@H]2CC(=O)C[C@@H]([C@H](Cc3ccc(OCc4ccccc4)cc3)OCc3ccccc3)O2)ccc1OCc1ccccc1. The molecule has 240 valence electrons. The molecule has 5 aromatic carbocycles. The maximum atomic E-state index is 13.2. The lowest BCUT2D eigenvalue weighted by Crippen LogP contribution is -2.40. The molecule has 0 radical (unpaired) electrons. The lowest BCUT2D eigenvalue weighted by atomic mass is 9.92. The topological polar surface area (TPSA) is 63.2 Å². The van der Waals surface area contributed by atoms with Crippen molar-refractivity contribution in [3.8, 4) is 17.2 Å². The molecule has 3 atom stereocenters. The fraction of sp³-hybridized carbons (Fsp3) is 0.244. The molecule has 6 rings (SSSR count). The van der Waals surface area contributed by atoms with Crippen LogP contribution in [0.3, 0.4) is 0 Å². The van der Waals surface area contributed by atoms with Gasteiger partial charge in [0.15, 0.2) is 11.5 Å². The zero-order chi connectivity index (χ0) is 32.3. The van der Waals surface area contributed by atoms with Crippen molar-refractivity contribution in [2.24, 2.45) is 0 Å². The van der Waals surface area contributed by atoms with Crippen molar-refractivity contribution >= 4 is 5.78 Å². The summed E-state index contributed by atoms with van der Waals surface area (Å²) in [7, 11) is 1.62. The molecule has 1 heterocycles. The zero-order valence-electron chi connectivity index (χ0n) is 26.6. The van der Waals surface area contributed by atoms with Crippen molar-refractivity contribution in [3.05, 3.63) is 161 Å². The Morgan fingerprint density at radius 1 is 0.638 bits per heavy atom. The molecule has 1 aliphatic rings. The van der Waals surface area contributed by atoms with Gasteiger partial charge in [0.1, 0.15) is 24.7 Å². The molecular weight excluding hydrogens is 588 g/mol. The molecule has 6 nitrogen and oxygen atoms in total. The smallest absolute Gasteiger partial charge is 0.161 e. The monoisotopic (exact) mass is 628 g/mol. The largest absolute Gasteiger partial charge is 0.493 e. The van der Waals surface area contributed by atoms with Gasteiger partial charge in [-0.3, -0.25) is 4.79 Å². The summed E-state index contributed by atoms with van der Waals surface area (Å²) in [6, 6.07) is 44.0. The predicted octanol–water partition coefficient (Wildman–Crippen LogP) is 8.47. The molecule has 47 heavy (non-hydrogen) atoms. The van der Waals surface area contributed by atoms with Gasteiger partial charge in [0.2, 0.25) is 0 Å². The van der Waals surface area contributed by atoms with E-state index in [9.17, 15) is 4.79 Å². The van der Waals surface area contributed by atoms with Crippen LogP contribution in [0.15, 0.2) is 133 Å². The molecule has 1 saturated heterocycles. The van der Waals surface area contributed by atoms with E-state index in [-0.39, 0.29) is 11.9 Å². The summed E-state index contributed by atoms with van der Waals surface area (Å²) < 4.78 is 30.9. The molecule has 1 aliphatic heterocycles. The van der Waals surface area contributed by atoms with Gasteiger partial charge in [-0.15, -0.1) is 0 Å². The van der Waals surface area contributed by atoms with E-state index in [1.54, 1.807) is 7.11 Å². The van der Waals surface area contributed by atoms with Crippen LogP contribution in [0.25, 0.3) is 0 Å². The third-order valence-electron chi connectivity index (χ3n) is 8.31. The summed E-state index contributed by atoms with van der Waals surface area (Å²) in [5, 5.41) is 0. The molecule has 0 unspecified atom stereocenters. The Labute approximate surface area is 276 Å². The molecular formula is C41H40O6. The van der Waals surface area contributed by atoms with Crippen molar-refractivity contribution in [3.63, 3.8) is 0 Å². The Hall–Kier alpha value is -4.91. The third kappa shape index (κ3) is 9.09. The van der Waals surface area contributed by atoms with Crippen LogP contribution in [0.5, 0.6) is 17.2 Å². The van der Waals surface area contributed by atoms with E-state index >= 15 is 0 Å². The standard InChI is InChI=1S/C41H40O6/c1-43-39-24-34(19-22-37(39)45-28-32-13-7-3-8-14-32)38-25-35(42)26-41(47-38)40(46-29-33-15-9-4-10-16-33)23-30-17-20-36(21-18-30)44-27-31-11-5-2-6-12-31/h2-22,24,38,40-41H,23,25-29H2,1H3/t38-,40+,41+/m1/s1. The molecule has 0 N–H and O–H groups in total. The van der Waals surface area contributed by atoms with E-state index in [2.05, 4.69) is 12.1 Å². The molecule has 0 spiro atoms. The first-order valence-electron chi connectivity index (χ1n) is 16.1. The lowest BCUT2D eigenvalue weighted by Gasteiger charge is -2.35. The van der Waals surface area contributed by atoms with Gasteiger partial charge in [-0.1, -0.05) is 109 Å². The number of hydrogen-bond donors (Lipinski definition) is 0. The number of carbonyl (C=O) groups is 1. The Morgan fingerprint density at radius 3 is 1.85 bits per heavy atom. The molecule has 0 aromatic heterocycles. The Morgan fingerprint density at radius 2 is 1.23 bits per heavy atom. The summed E-state index contributed by atoms with van der Waals surface area (Å²) in [6.07, 6.45) is 0.000554. The minimum atomic E-state index is -0.421. The second-order valence-corrected chi connectivity index (χ2v) is 11.8. The molecule has 1 fully saturated rings. The summed E-state index contributed by atoms with van der Waals surface area (Å²) in [6.45, 7) is 1.36. The Balaban J connectivity index is 1.16. The normalized spacial score (nSPS) is 16.7. The number of benzene rings is 5. The van der Waals surface area contributed by atoms with Gasteiger partial charge in [-0.05, 0) is 52.1 Å². The van der Waals surface area contributed by atoms with Crippen LogP contribution in [-0.2, 0) is 40.5 Å². The van der Waals surface area contributed by atoms with Gasteiger partial charge in [0.25, 0.3) is 0 Å². The summed E-state index contributed by atoms with van der Waals surface area (Å²) >= 11 is 0. The van der Waals surface area contributed by atoms with Crippen LogP contribution >= 0.6 is 0 Å². The highest BCUT2D eigenvalue weighted by molar-refractivity contribution is 5.80. The first-order valence-corrected chi connectivity index (χ1v) is 16.1. The van der Waals surface area contributed by atoms with Gasteiger partial charge < -0.3 is 23.7 Å². The second-order valence-electron chi connectivity index (χ2n) is 11.8. The average molecular weight is 629 g/mol. The number of ketones is 1. The highest BCUT2D eigenvalue weighted by Gasteiger charge is 2.35. The van der Waals surface area contributed by atoms with Crippen molar-refractivity contribution < 1.29 is 28.5 Å². The maximum Gasteiger partial charge on any atom is 0.161 e. The number of methoxy groups -OCH3 is 1. The first kappa shape index (κ1) is 32.0. The average Bonchev–Trinajstić information content (AvgIpc) is 3.13. The Bertz CT molecular complexity index is 1690. The predicted molar refractivity (Wildman–Crippen MR) is 182 cm³/mol. The third-order valence-corrected chi connectivity index (χ3v) is 8.31. The van der Waals surface area contributed by atoms with E-state index in [1.165, 1.54) is 0 Å². The number of ether oxygens (including phenoxy) is 5. The van der Waals surface area contributed by atoms with Gasteiger partial charge in [0, 0.05) is 19.3 Å². The van der Waals surface area contributed by atoms with Crippen LogP contribution in [0.2, 0.25) is 0 Å². The molecule has 0 saturated carbocycles. The van der Waals surface area contributed by atoms with Gasteiger partial charge in [0.05, 0.1) is 32.0 Å². The van der Waals surface area contributed by atoms with Gasteiger partial charge >= 0.3 is 0 Å². The molecule has 0 bridgehead atoms. The second kappa shape index (κ2) is 16.1. The van der Waals surface area contributed by atoms with E-state index in [4.69, 9.17) is 23.7 Å². The highest BCUT2D eigenvalue weighted by atomic mass is 16.5. The van der Waals surface area contributed by atoms with Crippen molar-refractivity contribution in [2.45, 2.75) is 57.4 Å². The van der Waals surface area contributed by atoms with Gasteiger partial charge in [-0.2, -0.15) is 0 Å². The lowest BCUT2D eigenvalue weighted by molar-refractivity contribution is -0.154. The fourth-order valence-corrected chi connectivity index (χ4v) is 5.75. The van der Waals surface area contributed by atoms with Crippen LogP contribution in [0.4, 0.5) is 0 Å². The highest BCUT2D eigenvalue weighted by Crippen LogP contribution is 2.37. The minimum Gasteiger partial charge on any atom is -0.493 e. The van der Waals surface area contributed by atoms with Crippen molar-refractivity contribution in [2.75, 3.05) is 7.11 Å². The zero-order valence-corrected chi connectivity index (χ0v) is 26.6. The summed E-state index contributed by atoms with van der Waals surface area (Å²) in [4.78, 5) is 13.2. The van der Waals surface area contributed by atoms with Crippen LogP contribution in [-0.4, -0.2) is 25.1 Å². The van der Waals surface area contributed by atoms with Crippen molar-refractivity contribution in [1.29, 1.82) is 0 Å². The molecule has 0 amide bonds. The number of Topliss-reactive ketones (excluding diaryl/α,β-unsaturated/α-hetero) is 1. The molecule has 6 heteroatoms. The van der Waals surface area contributed by atoms with E-state index in [0.29, 0.717) is 50.6 Å². The summed E-state index contributed by atoms with van der Waals surface area (Å²) in [5.41, 5.74) is 5.20. The van der Waals surface area contributed by atoms with E-state index < -0.39 is 12.2 Å². The van der Waals surface area contributed by atoms with Crippen molar-refractivity contribution in [1.82, 2.24) is 0 Å². The number of carbonyl (C=O) groups excluding carboxylic acids is 1. The van der Waals surface area contributed by atoms with Crippen LogP contribution in [0, 0.1) is 0 Å². The first-order chi connectivity index (χ1) is 23.1.